The Labute approximate surface area is 103 Å². The van der Waals surface area contributed by atoms with Crippen LogP contribution in [0, 0.1) is 6.92 Å². The maximum atomic E-state index is 12.0. The zero-order chi connectivity index (χ0) is 12.8. The number of aryl methyl sites for hydroxylation is 1. The highest BCUT2D eigenvalue weighted by molar-refractivity contribution is 5.81. The van der Waals surface area contributed by atoms with Crippen LogP contribution in [0.25, 0.3) is 0 Å². The monoisotopic (exact) mass is 238 g/mol. The number of hydrogen-bond donors (Lipinski definition) is 2. The Bertz CT molecular complexity index is 357. The molecule has 1 amide bonds. The van der Waals surface area contributed by atoms with Crippen LogP contribution in [0.4, 0.5) is 0 Å². The summed E-state index contributed by atoms with van der Waals surface area (Å²) in [6.45, 7) is 9.97. The molecule has 0 fully saturated rings. The van der Waals surface area contributed by atoms with Crippen LogP contribution in [0.5, 0.6) is 0 Å². The zero-order valence-corrected chi connectivity index (χ0v) is 11.1. The van der Waals surface area contributed by atoms with Crippen LogP contribution in [0.2, 0.25) is 0 Å². The van der Waals surface area contributed by atoms with Gasteiger partial charge in [-0.3, -0.25) is 4.79 Å². The molecule has 1 aromatic heterocycles. The molecule has 17 heavy (non-hydrogen) atoms. The lowest BCUT2D eigenvalue weighted by Gasteiger charge is -2.23. The first kappa shape index (κ1) is 13.7. The third-order valence-corrected chi connectivity index (χ3v) is 2.96. The van der Waals surface area contributed by atoms with Crippen molar-refractivity contribution in [1.82, 2.24) is 20.2 Å². The fourth-order valence-corrected chi connectivity index (χ4v) is 1.71. The molecule has 1 atom stereocenters. The van der Waals surface area contributed by atoms with E-state index in [0.29, 0.717) is 6.54 Å². The standard InChI is InChI=1S/C12H22N4O/c1-5-16(6-2)12(17)10(4)13-7-11-9(3)14-8-15-11/h8,10,13H,5-7H2,1-4H3,(H,14,15). The van der Waals surface area contributed by atoms with Gasteiger partial charge in [0.2, 0.25) is 5.91 Å². The number of amides is 1. The molecule has 0 aliphatic heterocycles. The lowest BCUT2D eigenvalue weighted by atomic mass is 10.2. The van der Waals surface area contributed by atoms with E-state index in [1.807, 2.05) is 32.6 Å². The number of H-pyrrole nitrogens is 1. The topological polar surface area (TPSA) is 61.0 Å². The highest BCUT2D eigenvalue weighted by atomic mass is 16.2. The molecule has 1 rings (SSSR count). The molecule has 96 valence electrons. The summed E-state index contributed by atoms with van der Waals surface area (Å²) in [5.74, 6) is 0.142. The minimum absolute atomic E-state index is 0.142. The lowest BCUT2D eigenvalue weighted by Crippen LogP contribution is -2.44. The molecule has 0 saturated carbocycles. The summed E-state index contributed by atoms with van der Waals surface area (Å²) >= 11 is 0. The maximum Gasteiger partial charge on any atom is 0.239 e. The number of likely N-dealkylation sites (N-methyl/N-ethyl adjacent to an activating group) is 1. The highest BCUT2D eigenvalue weighted by Gasteiger charge is 2.17. The Morgan fingerprint density at radius 1 is 1.53 bits per heavy atom. The first-order chi connectivity index (χ1) is 8.10. The third kappa shape index (κ3) is 3.56. The van der Waals surface area contributed by atoms with Crippen molar-refractivity contribution in [3.05, 3.63) is 17.7 Å². The van der Waals surface area contributed by atoms with Gasteiger partial charge < -0.3 is 15.2 Å². The fourth-order valence-electron chi connectivity index (χ4n) is 1.71. The number of nitrogens with zero attached hydrogens (tertiary/aromatic N) is 2. The van der Waals surface area contributed by atoms with Gasteiger partial charge in [-0.1, -0.05) is 0 Å². The molecule has 0 aliphatic rings. The summed E-state index contributed by atoms with van der Waals surface area (Å²) in [5, 5.41) is 3.20. The number of hydrogen-bond acceptors (Lipinski definition) is 3. The highest BCUT2D eigenvalue weighted by Crippen LogP contribution is 2.01. The Morgan fingerprint density at radius 3 is 2.65 bits per heavy atom. The van der Waals surface area contributed by atoms with Crippen molar-refractivity contribution in [1.29, 1.82) is 0 Å². The number of aromatic amines is 1. The van der Waals surface area contributed by atoms with Crippen molar-refractivity contribution in [2.45, 2.75) is 40.3 Å². The number of carbonyl (C=O) groups is 1. The van der Waals surface area contributed by atoms with E-state index in [1.54, 1.807) is 6.33 Å². The molecule has 0 aromatic carbocycles. The lowest BCUT2D eigenvalue weighted by molar-refractivity contribution is -0.132. The summed E-state index contributed by atoms with van der Waals surface area (Å²) < 4.78 is 0. The van der Waals surface area contributed by atoms with Crippen molar-refractivity contribution in [3.63, 3.8) is 0 Å². The van der Waals surface area contributed by atoms with E-state index in [0.717, 1.165) is 24.5 Å². The first-order valence-electron chi connectivity index (χ1n) is 6.11. The largest absolute Gasteiger partial charge is 0.348 e. The number of carbonyl (C=O) groups excluding carboxylic acids is 1. The van der Waals surface area contributed by atoms with Gasteiger partial charge in [-0.05, 0) is 27.7 Å². The Balaban J connectivity index is 2.47. The molecule has 5 heteroatoms. The average Bonchev–Trinajstić information content (AvgIpc) is 2.73. The molecule has 1 heterocycles. The van der Waals surface area contributed by atoms with Crippen LogP contribution in [0.1, 0.15) is 32.2 Å². The Hall–Kier alpha value is -1.36. The molecular formula is C12H22N4O. The molecular weight excluding hydrogens is 216 g/mol. The second-order valence-electron chi connectivity index (χ2n) is 4.09. The van der Waals surface area contributed by atoms with Gasteiger partial charge in [0, 0.05) is 25.3 Å². The summed E-state index contributed by atoms with van der Waals surface area (Å²) in [7, 11) is 0. The van der Waals surface area contributed by atoms with Crippen LogP contribution in [-0.2, 0) is 11.3 Å². The molecule has 2 N–H and O–H groups in total. The van der Waals surface area contributed by atoms with E-state index in [1.165, 1.54) is 0 Å². The van der Waals surface area contributed by atoms with Gasteiger partial charge in [-0.15, -0.1) is 0 Å². The van der Waals surface area contributed by atoms with E-state index in [-0.39, 0.29) is 11.9 Å². The minimum Gasteiger partial charge on any atom is -0.348 e. The molecule has 1 unspecified atom stereocenters. The van der Waals surface area contributed by atoms with Crippen LogP contribution >= 0.6 is 0 Å². The Morgan fingerprint density at radius 2 is 2.18 bits per heavy atom. The van der Waals surface area contributed by atoms with E-state index in [4.69, 9.17) is 0 Å². The van der Waals surface area contributed by atoms with E-state index < -0.39 is 0 Å². The van der Waals surface area contributed by atoms with Crippen LogP contribution in [0.3, 0.4) is 0 Å². The van der Waals surface area contributed by atoms with Gasteiger partial charge in [0.15, 0.2) is 0 Å². The summed E-state index contributed by atoms with van der Waals surface area (Å²) in [6, 6.07) is -0.175. The van der Waals surface area contributed by atoms with Crippen molar-refractivity contribution in [2.24, 2.45) is 0 Å². The van der Waals surface area contributed by atoms with E-state index in [2.05, 4.69) is 15.3 Å². The molecule has 0 spiro atoms. The number of aromatic nitrogens is 2. The van der Waals surface area contributed by atoms with Crippen molar-refractivity contribution >= 4 is 5.91 Å². The molecule has 0 radical (unpaired) electrons. The average molecular weight is 238 g/mol. The van der Waals surface area contributed by atoms with Gasteiger partial charge in [-0.25, -0.2) is 4.98 Å². The minimum atomic E-state index is -0.175. The molecule has 0 bridgehead atoms. The summed E-state index contributed by atoms with van der Waals surface area (Å²) in [4.78, 5) is 21.0. The molecule has 0 aliphatic carbocycles. The number of nitrogens with one attached hydrogen (secondary N) is 2. The Kier molecular flexibility index (Phi) is 5.15. The van der Waals surface area contributed by atoms with Gasteiger partial charge in [0.1, 0.15) is 0 Å². The molecule has 0 saturated heterocycles. The van der Waals surface area contributed by atoms with Crippen molar-refractivity contribution in [2.75, 3.05) is 13.1 Å². The van der Waals surface area contributed by atoms with Gasteiger partial charge in [0.25, 0.3) is 0 Å². The third-order valence-electron chi connectivity index (χ3n) is 2.96. The van der Waals surface area contributed by atoms with Crippen molar-refractivity contribution in [3.8, 4) is 0 Å². The molecule has 5 nitrogen and oxygen atoms in total. The maximum absolute atomic E-state index is 12.0. The predicted octanol–water partition coefficient (Wildman–Crippen LogP) is 1.06. The molecule has 1 aromatic rings. The fraction of sp³-hybridized carbons (Fsp3) is 0.667. The second kappa shape index (κ2) is 6.39. The van der Waals surface area contributed by atoms with E-state index >= 15 is 0 Å². The van der Waals surface area contributed by atoms with Crippen LogP contribution in [0.15, 0.2) is 6.33 Å². The zero-order valence-electron chi connectivity index (χ0n) is 11.1. The smallest absolute Gasteiger partial charge is 0.239 e. The van der Waals surface area contributed by atoms with Crippen molar-refractivity contribution < 1.29 is 4.79 Å². The van der Waals surface area contributed by atoms with Gasteiger partial charge in [0.05, 0.1) is 18.1 Å². The number of rotatable bonds is 6. The quantitative estimate of drug-likeness (QED) is 0.779. The van der Waals surface area contributed by atoms with Crippen LogP contribution in [-0.4, -0.2) is 39.9 Å². The second-order valence-corrected chi connectivity index (χ2v) is 4.09. The van der Waals surface area contributed by atoms with Crippen LogP contribution < -0.4 is 5.32 Å². The first-order valence-corrected chi connectivity index (χ1v) is 6.11. The SMILES string of the molecule is CCN(CC)C(=O)C(C)NCc1nc[nH]c1C. The van der Waals surface area contributed by atoms with Gasteiger partial charge in [-0.2, -0.15) is 0 Å². The summed E-state index contributed by atoms with van der Waals surface area (Å²) in [5.41, 5.74) is 2.00. The summed E-state index contributed by atoms with van der Waals surface area (Å²) in [6.07, 6.45) is 1.67. The predicted molar refractivity (Wildman–Crippen MR) is 67.6 cm³/mol. The normalized spacial score (nSPS) is 12.5. The number of imidazole rings is 1. The van der Waals surface area contributed by atoms with E-state index in [9.17, 15) is 4.79 Å². The van der Waals surface area contributed by atoms with Gasteiger partial charge >= 0.3 is 0 Å².